The van der Waals surface area contributed by atoms with Crippen LogP contribution in [0.1, 0.15) is 49.7 Å². The number of phenolic OH excluding ortho intramolecular Hbond substituents is 2. The normalized spacial score (nSPS) is 16.0. The molecule has 4 atom stereocenters. The number of hydrogen-bond acceptors (Lipinski definition) is 22. The molecule has 0 aliphatic carbocycles. The number of phenols is 2. The quantitative estimate of drug-likeness (QED) is 0.0232. The highest BCUT2D eigenvalue weighted by Gasteiger charge is 2.45. The van der Waals surface area contributed by atoms with Crippen LogP contribution in [0.2, 0.25) is 285 Å². The minimum Gasteiger partial charge on any atom is -0.508 e. The standard InChI is InChI=1S/C24H40O4Si3.C18H40O6Si3.C13H28O3Si4.C12H34N2O2Si3.C7H24O3Si4.C6H20O2Si3/c1-29(2,19-11-15-21-13-7-9-17-23(21)25)27-31(5,6)28-30(3,4)20-12-16-22-14-8-10-18-24(22)26;1-25(2,11-7-9-19-13-17-15-21-17)23-27(5,6)24-26(3,4)12-8-10-20-14-18-16-22-18;1-17(2)14-19(5,6)16-20(7,15-18(3)4)13-11-9-8-10-12-13;1-17(2,11-7-9-13)15-19(5,6)16-18(3,4)12-8-10-14;1-11(2)8-13(5)10-14(6,7)9-12(3)4;1-9(2)7-11(5,6)8-10(3)4/h7-10,13-14,17-18,25-26H,11-12,15-16,19-20H2,1-6H3;17-18H,7-16H2,1-6H3;8-12,17-18H,1-7H3;7-14H2,1-6H3;11-13H,1-7H3;9-10H,1-6H3. The highest BCUT2D eigenvalue weighted by molar-refractivity contribution is 6.92. The average Bonchev–Trinajstić information content (AvgIpc) is 1.46. The third kappa shape index (κ3) is 67.0. The van der Waals surface area contributed by atoms with Crippen molar-refractivity contribution in [3.63, 3.8) is 0 Å². The number of ether oxygens (including phenoxy) is 4. The second-order valence-electron chi connectivity index (χ2n) is 40.7. The van der Waals surface area contributed by atoms with Crippen LogP contribution in [-0.4, -0.2) is 249 Å². The van der Waals surface area contributed by atoms with Gasteiger partial charge in [0.05, 0.1) is 26.4 Å². The van der Waals surface area contributed by atoms with Crippen molar-refractivity contribution in [2.45, 2.75) is 349 Å². The van der Waals surface area contributed by atoms with Crippen molar-refractivity contribution in [2.24, 2.45) is 11.5 Å². The maximum absolute atomic E-state index is 9.97. The number of benzene rings is 3. The highest BCUT2D eigenvalue weighted by atomic mass is 28.5. The van der Waals surface area contributed by atoms with E-state index in [-0.39, 0.29) is 0 Å². The molecule has 22 nitrogen and oxygen atoms in total. The van der Waals surface area contributed by atoms with Crippen molar-refractivity contribution in [3.8, 4) is 11.5 Å². The van der Waals surface area contributed by atoms with Gasteiger partial charge in [-0.05, 0) is 378 Å². The molecule has 2 fully saturated rings. The monoisotopic (exact) mass is 2050 g/mol. The zero-order valence-corrected chi connectivity index (χ0v) is 106. The molecule has 0 spiro atoms. The largest absolute Gasteiger partial charge is 0.508 e. The fraction of sp³-hybridized carbons (Fsp3) is 0.775. The van der Waals surface area contributed by atoms with E-state index in [1.807, 2.05) is 42.5 Å². The van der Waals surface area contributed by atoms with Crippen LogP contribution in [0.3, 0.4) is 0 Å². The van der Waals surface area contributed by atoms with Crippen molar-refractivity contribution in [2.75, 3.05) is 52.7 Å². The molecule has 2 aliphatic rings. The van der Waals surface area contributed by atoms with Gasteiger partial charge in [0.2, 0.25) is 0 Å². The summed E-state index contributed by atoms with van der Waals surface area (Å²) in [5, 5.41) is 21.1. The lowest BCUT2D eigenvalue weighted by atomic mass is 10.1. The first-order valence-corrected chi connectivity index (χ1v) is 102. The molecule has 42 heteroatoms. The van der Waals surface area contributed by atoms with Crippen LogP contribution < -0.4 is 16.7 Å². The van der Waals surface area contributed by atoms with Gasteiger partial charge >= 0.3 is 59.9 Å². The number of nitrogens with two attached hydrogens (primary N) is 2. The van der Waals surface area contributed by atoms with E-state index in [1.54, 1.807) is 12.1 Å². The summed E-state index contributed by atoms with van der Waals surface area (Å²) in [5.74, 6) is 0.773. The van der Waals surface area contributed by atoms with E-state index in [0.717, 1.165) is 151 Å². The van der Waals surface area contributed by atoms with Gasteiger partial charge in [0.15, 0.2) is 104 Å². The molecule has 2 saturated heterocycles. The summed E-state index contributed by atoms with van der Waals surface area (Å²) in [6, 6.07) is 32.1. The summed E-state index contributed by atoms with van der Waals surface area (Å²) in [6.07, 6.45) is 8.71. The van der Waals surface area contributed by atoms with Gasteiger partial charge < -0.3 is 98.2 Å². The van der Waals surface area contributed by atoms with Gasteiger partial charge in [-0.3, -0.25) is 0 Å². The number of aryl methyl sites for hydroxylation is 2. The van der Waals surface area contributed by atoms with Gasteiger partial charge in [-0.1, -0.05) is 66.7 Å². The van der Waals surface area contributed by atoms with Gasteiger partial charge in [0.25, 0.3) is 9.28 Å². The Labute approximate surface area is 773 Å². The number of epoxide rings is 2. The molecule has 0 bridgehead atoms. The predicted octanol–water partition coefficient (Wildman–Crippen LogP) is 19.3. The van der Waals surface area contributed by atoms with E-state index >= 15 is 0 Å². The van der Waals surface area contributed by atoms with Crippen LogP contribution in [-0.2, 0) is 89.4 Å². The lowest BCUT2D eigenvalue weighted by Gasteiger charge is -2.39. The van der Waals surface area contributed by atoms with Gasteiger partial charge in [-0.15, -0.1) is 0 Å². The van der Waals surface area contributed by atoms with E-state index in [9.17, 15) is 10.2 Å². The summed E-state index contributed by atoms with van der Waals surface area (Å²) in [5.41, 5.74) is 13.2. The lowest BCUT2D eigenvalue weighted by molar-refractivity contribution is 0.116. The van der Waals surface area contributed by atoms with Crippen LogP contribution in [0.4, 0.5) is 0 Å². The van der Waals surface area contributed by atoms with Crippen LogP contribution in [0.25, 0.3) is 0 Å². The van der Waals surface area contributed by atoms with Crippen LogP contribution in [0.15, 0.2) is 78.9 Å². The van der Waals surface area contributed by atoms with Crippen LogP contribution in [0.5, 0.6) is 11.5 Å². The molecule has 4 unspecified atom stereocenters. The van der Waals surface area contributed by atoms with E-state index in [1.165, 1.54) is 5.19 Å². The number of para-hydroxylation sites is 2. The number of rotatable bonds is 55. The second kappa shape index (κ2) is 58.8. The zero-order valence-electron chi connectivity index (χ0n) is 84.7. The molecule has 2 heterocycles. The molecule has 3 aromatic carbocycles. The summed E-state index contributed by atoms with van der Waals surface area (Å²) in [4.78, 5) is 0. The Balaban J connectivity index is 0.00000149. The Morgan fingerprint density at radius 2 is 0.590 bits per heavy atom. The smallest absolute Gasteiger partial charge is 0.350 e. The van der Waals surface area contributed by atoms with Crippen molar-refractivity contribution in [1.29, 1.82) is 0 Å². The molecule has 0 aromatic heterocycles. The maximum atomic E-state index is 9.97. The van der Waals surface area contributed by atoms with Crippen LogP contribution >= 0.6 is 0 Å². The summed E-state index contributed by atoms with van der Waals surface area (Å²) in [6.45, 7) is 90.2. The minimum atomic E-state index is -2.37. The Hall–Kier alpha value is 0.798. The van der Waals surface area contributed by atoms with E-state index in [0.29, 0.717) is 23.7 Å². The topological polar surface area (TPSA) is 265 Å². The van der Waals surface area contributed by atoms with E-state index in [4.69, 9.17) is 88.0 Å². The Bertz CT molecular complexity index is 3080. The Morgan fingerprint density at radius 3 is 0.869 bits per heavy atom. The van der Waals surface area contributed by atoms with E-state index in [2.05, 4.69) is 273 Å². The van der Waals surface area contributed by atoms with Crippen LogP contribution in [0, 0.1) is 0 Å². The molecule has 0 saturated carbocycles. The van der Waals surface area contributed by atoms with Crippen molar-refractivity contribution >= 4 is 179 Å². The average molecular weight is 2060 g/mol. The van der Waals surface area contributed by atoms with E-state index < -0.39 is 173 Å². The summed E-state index contributed by atoms with van der Waals surface area (Å²) < 4.78 is 110. The number of aromatic hydroxyl groups is 2. The molecule has 6 N–H and O–H groups in total. The molecule has 0 amide bonds. The predicted molar refractivity (Wildman–Crippen MR) is 568 cm³/mol. The third-order valence-corrected chi connectivity index (χ3v) is 85.2. The summed E-state index contributed by atoms with van der Waals surface area (Å²) >= 11 is 0. The first kappa shape index (κ1) is 123. The summed E-state index contributed by atoms with van der Waals surface area (Å²) in [7, 11) is -32.3. The molecule has 3 aromatic rings. The van der Waals surface area contributed by atoms with Crippen molar-refractivity contribution in [3.05, 3.63) is 90.0 Å². The fourth-order valence-electron chi connectivity index (χ4n) is 15.2. The van der Waals surface area contributed by atoms with Gasteiger partial charge in [-0.2, -0.15) is 0 Å². The SMILES string of the molecule is C[SiH](C)O[SiH](C)O[Si](C)(C)O[SiH](C)C.C[SiH](C)O[Si](C)(C)O[SiH](C)C.C[SiH](C)O[Si](C)(C)O[Si](C)(O[SiH](C)C)c1ccccc1.C[Si](C)(CCCN)O[Si](C)(C)O[Si](C)(C)CCCN.C[Si](C)(CCCOCC1CO1)O[Si](C)(C)O[Si](C)(C)CCCOCC1CO1.C[Si](C)(CCCc1ccccc1O)O[Si](C)(C)O[Si](C)(C)CCCc1ccccc1O. The molecular weight excluding hydrogens is 1870 g/mol. The van der Waals surface area contributed by atoms with Gasteiger partial charge in [-0.25, -0.2) is 0 Å². The minimum absolute atomic E-state index is 0.353. The fourth-order valence-corrected chi connectivity index (χ4v) is 94.4. The van der Waals surface area contributed by atoms with Gasteiger partial charge in [0, 0.05) is 13.2 Å². The molecule has 2 aliphatic heterocycles. The molecule has 0 radical (unpaired) electrons. The highest BCUT2D eigenvalue weighted by Crippen LogP contribution is 2.32. The third-order valence-electron chi connectivity index (χ3n) is 18.3. The lowest BCUT2D eigenvalue weighted by Crippen LogP contribution is -2.60. The number of hydrogen-bond donors (Lipinski definition) is 4. The Morgan fingerprint density at radius 1 is 0.320 bits per heavy atom. The van der Waals surface area contributed by atoms with Gasteiger partial charge in [0.1, 0.15) is 23.7 Å². The first-order valence-electron chi connectivity index (χ1n) is 45.7. The molecule has 5 rings (SSSR count). The van der Waals surface area contributed by atoms with Crippen molar-refractivity contribution < 1.29 is 86.8 Å². The molecule has 122 heavy (non-hydrogen) atoms. The first-order chi connectivity index (χ1) is 55.7. The second-order valence-corrected chi connectivity index (χ2v) is 110. The Kier molecular flexibility index (Phi) is 59.2. The van der Waals surface area contributed by atoms with Crippen molar-refractivity contribution in [1.82, 2.24) is 0 Å². The molecule has 716 valence electrons. The maximum Gasteiger partial charge on any atom is 0.350 e. The zero-order chi connectivity index (χ0) is 94.1. The molecular formula is C80H186N2O20Si20.